The summed E-state index contributed by atoms with van der Waals surface area (Å²) in [5.41, 5.74) is 8.73. The van der Waals surface area contributed by atoms with Crippen LogP contribution < -0.4 is 11.1 Å². The molecule has 8 nitrogen and oxygen atoms in total. The number of rotatable bonds is 4. The second kappa shape index (κ2) is 7.22. The number of hydrogen-bond acceptors (Lipinski definition) is 6. The summed E-state index contributed by atoms with van der Waals surface area (Å²) in [5, 5.41) is 2.58. The molecule has 3 N–H and O–H groups in total. The van der Waals surface area contributed by atoms with Crippen molar-refractivity contribution in [3.8, 4) is 0 Å². The third-order valence-corrected chi connectivity index (χ3v) is 3.80. The summed E-state index contributed by atoms with van der Waals surface area (Å²) >= 11 is 0. The molecule has 0 bridgehead atoms. The van der Waals surface area contributed by atoms with Gasteiger partial charge in [0.15, 0.2) is 0 Å². The zero-order valence-electron chi connectivity index (χ0n) is 14.5. The smallest absolute Gasteiger partial charge is 0.407 e. The van der Waals surface area contributed by atoms with Crippen molar-refractivity contribution < 1.29 is 14.3 Å². The molecule has 0 atom stereocenters. The van der Waals surface area contributed by atoms with Crippen molar-refractivity contribution in [2.24, 2.45) is 0 Å². The van der Waals surface area contributed by atoms with Gasteiger partial charge in [0, 0.05) is 17.4 Å². The normalized spacial score (nSPS) is 10.7. The minimum Gasteiger partial charge on any atom is -0.450 e. The lowest BCUT2D eigenvalue weighted by Crippen LogP contribution is -2.24. The summed E-state index contributed by atoms with van der Waals surface area (Å²) in [6, 6.07) is 8.50. The highest BCUT2D eigenvalue weighted by atomic mass is 16.5. The first-order valence-corrected chi connectivity index (χ1v) is 8.14. The van der Waals surface area contributed by atoms with Crippen molar-refractivity contribution in [1.29, 1.82) is 0 Å². The van der Waals surface area contributed by atoms with E-state index >= 15 is 0 Å². The lowest BCUT2D eigenvalue weighted by Gasteiger charge is -2.08. The molecule has 3 rings (SSSR count). The van der Waals surface area contributed by atoms with E-state index in [9.17, 15) is 9.59 Å². The molecule has 0 unspecified atom stereocenters. The quantitative estimate of drug-likeness (QED) is 0.696. The minimum absolute atomic E-state index is 0.163. The molecule has 134 valence electrons. The molecule has 2 aromatic heterocycles. The van der Waals surface area contributed by atoms with E-state index in [-0.39, 0.29) is 19.1 Å². The average Bonchev–Trinajstić information content (AvgIpc) is 2.95. The number of aryl methyl sites for hydroxylation is 1. The molecular formula is C18H19N5O3. The number of anilines is 1. The Hall–Kier alpha value is -3.42. The Morgan fingerprint density at radius 1 is 1.27 bits per heavy atom. The minimum atomic E-state index is -0.530. The fourth-order valence-electron chi connectivity index (χ4n) is 2.65. The molecule has 3 aromatic rings. The summed E-state index contributed by atoms with van der Waals surface area (Å²) in [6.45, 7) is 3.94. The molecule has 2 heterocycles. The van der Waals surface area contributed by atoms with Crippen LogP contribution >= 0.6 is 0 Å². The molecule has 0 radical (unpaired) electrons. The largest absolute Gasteiger partial charge is 0.450 e. The van der Waals surface area contributed by atoms with Crippen LogP contribution in [-0.4, -0.2) is 33.1 Å². The lowest BCUT2D eigenvalue weighted by atomic mass is 10.2. The second-order valence-electron chi connectivity index (χ2n) is 5.66. The zero-order chi connectivity index (χ0) is 18.7. The first-order valence-electron chi connectivity index (χ1n) is 8.14. The lowest BCUT2D eigenvalue weighted by molar-refractivity contribution is 0.0962. The van der Waals surface area contributed by atoms with Crippen LogP contribution in [0.15, 0.2) is 36.5 Å². The van der Waals surface area contributed by atoms with E-state index in [4.69, 9.17) is 10.5 Å². The molecule has 0 aliphatic rings. The number of pyridine rings is 1. The number of carbonyl (C=O) groups is 2. The molecule has 1 amide bonds. The van der Waals surface area contributed by atoms with Gasteiger partial charge in [0.1, 0.15) is 5.82 Å². The number of hydrogen-bond donors (Lipinski definition) is 2. The molecule has 0 spiro atoms. The Labute approximate surface area is 150 Å². The van der Waals surface area contributed by atoms with Crippen LogP contribution in [0.2, 0.25) is 0 Å². The third-order valence-electron chi connectivity index (χ3n) is 3.80. The van der Waals surface area contributed by atoms with E-state index in [0.29, 0.717) is 33.8 Å². The van der Waals surface area contributed by atoms with Crippen LogP contribution in [-0.2, 0) is 11.3 Å². The molecule has 0 fully saturated rings. The van der Waals surface area contributed by atoms with Gasteiger partial charge in [-0.15, -0.1) is 0 Å². The van der Waals surface area contributed by atoms with Gasteiger partial charge in [-0.3, -0.25) is 14.3 Å². The average molecular weight is 353 g/mol. The van der Waals surface area contributed by atoms with Crippen LogP contribution in [0, 0.1) is 6.92 Å². The van der Waals surface area contributed by atoms with Crippen molar-refractivity contribution in [1.82, 2.24) is 19.9 Å². The van der Waals surface area contributed by atoms with Gasteiger partial charge in [0.2, 0.25) is 0 Å². The number of aromatic nitrogens is 3. The third kappa shape index (κ3) is 3.49. The van der Waals surface area contributed by atoms with Gasteiger partial charge in [0.05, 0.1) is 29.9 Å². The molecule has 0 saturated heterocycles. The van der Waals surface area contributed by atoms with Gasteiger partial charge in [0.25, 0.3) is 5.91 Å². The van der Waals surface area contributed by atoms with Gasteiger partial charge in [-0.2, -0.15) is 0 Å². The van der Waals surface area contributed by atoms with E-state index in [1.165, 1.54) is 10.8 Å². The fourth-order valence-corrected chi connectivity index (χ4v) is 2.65. The standard InChI is InChI=1S/C18H19N5O3/c1-3-26-18(25)21-10-14-8-12(6-7-20-14)17(24)23-11(2)22-15-5-4-13(19)9-16(15)23/h4-9H,3,10,19H2,1-2H3,(H,21,25). The second-order valence-corrected chi connectivity index (χ2v) is 5.66. The van der Waals surface area contributed by atoms with E-state index in [1.54, 1.807) is 44.2 Å². The number of imidazole rings is 1. The van der Waals surface area contributed by atoms with Crippen LogP contribution in [0.25, 0.3) is 11.0 Å². The highest BCUT2D eigenvalue weighted by Gasteiger charge is 2.17. The van der Waals surface area contributed by atoms with Crippen LogP contribution in [0.3, 0.4) is 0 Å². The van der Waals surface area contributed by atoms with E-state index in [0.717, 1.165) is 0 Å². The monoisotopic (exact) mass is 353 g/mol. The van der Waals surface area contributed by atoms with E-state index in [1.807, 2.05) is 0 Å². The number of nitrogen functional groups attached to an aromatic ring is 1. The maximum atomic E-state index is 13.0. The number of ether oxygens (including phenoxy) is 1. The fraction of sp³-hybridized carbons (Fsp3) is 0.222. The van der Waals surface area contributed by atoms with Gasteiger partial charge < -0.3 is 15.8 Å². The van der Waals surface area contributed by atoms with Crippen LogP contribution in [0.4, 0.5) is 10.5 Å². The predicted molar refractivity (Wildman–Crippen MR) is 96.7 cm³/mol. The Bertz CT molecular complexity index is 980. The summed E-state index contributed by atoms with van der Waals surface area (Å²) < 4.78 is 6.32. The highest BCUT2D eigenvalue weighted by Crippen LogP contribution is 2.20. The number of nitrogens with one attached hydrogen (secondary N) is 1. The Morgan fingerprint density at radius 3 is 2.85 bits per heavy atom. The summed E-state index contributed by atoms with van der Waals surface area (Å²) in [4.78, 5) is 32.9. The highest BCUT2D eigenvalue weighted by molar-refractivity contribution is 6.02. The molecule has 0 aliphatic heterocycles. The summed E-state index contributed by atoms with van der Waals surface area (Å²) in [5.74, 6) is 0.328. The van der Waals surface area contributed by atoms with Crippen molar-refractivity contribution >= 4 is 28.7 Å². The number of nitrogens with zero attached hydrogens (tertiary/aromatic N) is 3. The van der Waals surface area contributed by atoms with Gasteiger partial charge in [-0.25, -0.2) is 9.78 Å². The Balaban J connectivity index is 1.89. The summed E-state index contributed by atoms with van der Waals surface area (Å²) in [7, 11) is 0. The summed E-state index contributed by atoms with van der Waals surface area (Å²) in [6.07, 6.45) is 0.996. The van der Waals surface area contributed by atoms with E-state index < -0.39 is 6.09 Å². The number of alkyl carbamates (subject to hydrolysis) is 1. The molecule has 0 saturated carbocycles. The maximum absolute atomic E-state index is 13.0. The number of fused-ring (bicyclic) bond motifs is 1. The number of nitrogens with two attached hydrogens (primary N) is 1. The van der Waals surface area contributed by atoms with Crippen molar-refractivity contribution in [3.63, 3.8) is 0 Å². The van der Waals surface area contributed by atoms with Gasteiger partial charge in [-0.05, 0) is 44.2 Å². The van der Waals surface area contributed by atoms with Crippen molar-refractivity contribution in [2.45, 2.75) is 20.4 Å². The first kappa shape index (κ1) is 17.4. The van der Waals surface area contributed by atoms with Crippen molar-refractivity contribution in [3.05, 3.63) is 53.6 Å². The number of benzene rings is 1. The van der Waals surface area contributed by atoms with Gasteiger partial charge in [-0.1, -0.05) is 0 Å². The van der Waals surface area contributed by atoms with Gasteiger partial charge >= 0.3 is 6.09 Å². The topological polar surface area (TPSA) is 112 Å². The first-order chi connectivity index (χ1) is 12.5. The van der Waals surface area contributed by atoms with Crippen LogP contribution in [0.5, 0.6) is 0 Å². The molecule has 0 aliphatic carbocycles. The number of carbonyl (C=O) groups excluding carboxylic acids is 2. The molecular weight excluding hydrogens is 334 g/mol. The predicted octanol–water partition coefficient (Wildman–Crippen LogP) is 2.26. The Kier molecular flexibility index (Phi) is 4.83. The molecule has 8 heteroatoms. The van der Waals surface area contributed by atoms with E-state index in [2.05, 4.69) is 15.3 Å². The van der Waals surface area contributed by atoms with Crippen molar-refractivity contribution in [2.75, 3.05) is 12.3 Å². The maximum Gasteiger partial charge on any atom is 0.407 e. The SMILES string of the molecule is CCOC(=O)NCc1cc(C(=O)n2c(C)nc3ccc(N)cc32)ccn1. The Morgan fingerprint density at radius 2 is 2.08 bits per heavy atom. The zero-order valence-corrected chi connectivity index (χ0v) is 14.5. The molecule has 26 heavy (non-hydrogen) atoms. The van der Waals surface area contributed by atoms with Crippen LogP contribution in [0.1, 0.15) is 28.8 Å². The molecule has 1 aromatic carbocycles. The number of amides is 1.